The van der Waals surface area contributed by atoms with Crippen molar-refractivity contribution in [2.24, 2.45) is 0 Å². The van der Waals surface area contributed by atoms with Gasteiger partial charge in [0.2, 0.25) is 0 Å². The van der Waals surface area contributed by atoms with E-state index in [1.54, 1.807) is 24.3 Å². The number of carbonyl (C=O) groups excluding carboxylic acids is 5. The standard InChI is InChI=1S/C40H26Cl5FO10/c41-27-11-8-23(9-12-27)18-54-38(50)40(56-22-47,39(51)55-19-24-4-3-6-28(42)16-24)30-14-15-33(46)35(37(49)53-21-26-10-13-29(43)17-32(26)45)34(30)36(48)52-20-25-5-1-2-7-31(25)44/h1-17,22H,18-21H2. The highest BCUT2D eigenvalue weighted by Crippen LogP contribution is 2.37. The molecule has 0 amide bonds. The molecule has 0 N–H and O–H groups in total. The molecule has 5 rings (SSSR count). The molecule has 0 saturated heterocycles. The summed E-state index contributed by atoms with van der Waals surface area (Å²) in [5, 5.41) is 1.22. The van der Waals surface area contributed by atoms with Crippen molar-refractivity contribution in [1.29, 1.82) is 0 Å². The molecule has 1 atom stereocenters. The van der Waals surface area contributed by atoms with Crippen LogP contribution in [-0.4, -0.2) is 30.3 Å². The van der Waals surface area contributed by atoms with Gasteiger partial charge in [0.15, 0.2) is 0 Å². The molecule has 1 unspecified atom stereocenters. The Labute approximate surface area is 343 Å². The van der Waals surface area contributed by atoms with E-state index < -0.39 is 78.4 Å². The Balaban J connectivity index is 1.66. The van der Waals surface area contributed by atoms with Gasteiger partial charge in [-0.05, 0) is 65.7 Å². The molecule has 288 valence electrons. The Kier molecular flexibility index (Phi) is 14.3. The van der Waals surface area contributed by atoms with Crippen molar-refractivity contribution in [3.63, 3.8) is 0 Å². The Morgan fingerprint density at radius 1 is 0.554 bits per heavy atom. The number of hydrogen-bond acceptors (Lipinski definition) is 10. The van der Waals surface area contributed by atoms with Gasteiger partial charge in [-0.1, -0.05) is 107 Å². The first-order valence-corrected chi connectivity index (χ1v) is 18.0. The molecule has 10 nitrogen and oxygen atoms in total. The number of rotatable bonds is 15. The van der Waals surface area contributed by atoms with E-state index in [1.807, 2.05) is 0 Å². The van der Waals surface area contributed by atoms with E-state index in [9.17, 15) is 24.0 Å². The predicted octanol–water partition coefficient (Wildman–Crippen LogP) is 9.66. The smallest absolute Gasteiger partial charge is 0.367 e. The molecule has 0 radical (unpaired) electrons. The molecule has 56 heavy (non-hydrogen) atoms. The molecule has 5 aromatic carbocycles. The van der Waals surface area contributed by atoms with Gasteiger partial charge in [-0.25, -0.2) is 23.6 Å². The summed E-state index contributed by atoms with van der Waals surface area (Å²) >= 11 is 30.5. The Bertz CT molecular complexity index is 2290. The molecular formula is C40H26Cl5FO10. The first-order valence-electron chi connectivity index (χ1n) is 16.1. The highest BCUT2D eigenvalue weighted by Gasteiger charge is 2.57. The van der Waals surface area contributed by atoms with Crippen LogP contribution in [0, 0.1) is 5.82 Å². The lowest BCUT2D eigenvalue weighted by Crippen LogP contribution is -2.49. The molecule has 0 bridgehead atoms. The summed E-state index contributed by atoms with van der Waals surface area (Å²) in [5.74, 6) is -7.50. The monoisotopic (exact) mass is 860 g/mol. The maximum absolute atomic E-state index is 16.0. The maximum Gasteiger partial charge on any atom is 0.367 e. The van der Waals surface area contributed by atoms with Gasteiger partial charge >= 0.3 is 29.5 Å². The van der Waals surface area contributed by atoms with Crippen LogP contribution in [0.5, 0.6) is 0 Å². The zero-order valence-corrected chi connectivity index (χ0v) is 32.4. The van der Waals surface area contributed by atoms with Crippen LogP contribution in [0.25, 0.3) is 0 Å². The molecule has 0 fully saturated rings. The number of carbonyl (C=O) groups is 5. The number of ether oxygens (including phenoxy) is 5. The molecule has 0 aliphatic rings. The topological polar surface area (TPSA) is 132 Å². The minimum Gasteiger partial charge on any atom is -0.457 e. The third-order valence-corrected chi connectivity index (χ3v) is 9.42. The molecule has 16 heteroatoms. The van der Waals surface area contributed by atoms with E-state index in [1.165, 1.54) is 66.7 Å². The average Bonchev–Trinajstić information content (AvgIpc) is 3.17. The Hall–Kier alpha value is -5.17. The molecule has 0 aromatic heterocycles. The third-order valence-electron chi connectivity index (χ3n) is 7.97. The summed E-state index contributed by atoms with van der Waals surface area (Å²) in [5.41, 5.74) is -5.10. The van der Waals surface area contributed by atoms with Crippen LogP contribution in [0.3, 0.4) is 0 Å². The third kappa shape index (κ3) is 9.97. The van der Waals surface area contributed by atoms with E-state index in [0.29, 0.717) is 27.8 Å². The largest absolute Gasteiger partial charge is 0.457 e. The van der Waals surface area contributed by atoms with Crippen LogP contribution >= 0.6 is 58.0 Å². The number of hydrogen-bond donors (Lipinski definition) is 0. The van der Waals surface area contributed by atoms with Crippen molar-refractivity contribution in [3.8, 4) is 0 Å². The molecular weight excluding hydrogens is 837 g/mol. The van der Waals surface area contributed by atoms with E-state index in [4.69, 9.17) is 81.7 Å². The van der Waals surface area contributed by atoms with Gasteiger partial charge < -0.3 is 23.7 Å². The minimum atomic E-state index is -3.33. The fourth-order valence-corrected chi connectivity index (χ4v) is 6.20. The van der Waals surface area contributed by atoms with E-state index in [2.05, 4.69) is 0 Å². The van der Waals surface area contributed by atoms with Crippen LogP contribution in [-0.2, 0) is 70.1 Å². The van der Waals surface area contributed by atoms with Crippen molar-refractivity contribution in [2.45, 2.75) is 32.0 Å². The van der Waals surface area contributed by atoms with Crippen LogP contribution in [0.4, 0.5) is 4.39 Å². The maximum atomic E-state index is 16.0. The van der Waals surface area contributed by atoms with Crippen LogP contribution in [0.2, 0.25) is 25.1 Å². The summed E-state index contributed by atoms with van der Waals surface area (Å²) < 4.78 is 43.0. The summed E-state index contributed by atoms with van der Waals surface area (Å²) in [7, 11) is 0. The fraction of sp³-hybridized carbons (Fsp3) is 0.125. The van der Waals surface area contributed by atoms with E-state index >= 15 is 4.39 Å². The first-order chi connectivity index (χ1) is 26.8. The Morgan fingerprint density at radius 2 is 1.14 bits per heavy atom. The van der Waals surface area contributed by atoms with Crippen molar-refractivity contribution >= 4 is 88.4 Å². The lowest BCUT2D eigenvalue weighted by atomic mass is 9.86. The number of halogens is 6. The molecule has 0 aliphatic heterocycles. The zero-order valence-electron chi connectivity index (χ0n) is 28.6. The second-order valence-corrected chi connectivity index (χ2v) is 13.8. The number of benzene rings is 5. The van der Waals surface area contributed by atoms with Crippen molar-refractivity contribution in [1.82, 2.24) is 0 Å². The normalized spacial score (nSPS) is 11.8. The molecule has 5 aromatic rings. The fourth-order valence-electron chi connectivity index (χ4n) is 5.21. The lowest BCUT2D eigenvalue weighted by Gasteiger charge is -2.30. The Morgan fingerprint density at radius 3 is 1.77 bits per heavy atom. The van der Waals surface area contributed by atoms with Gasteiger partial charge in [0.1, 0.15) is 37.8 Å². The molecule has 0 spiro atoms. The highest BCUT2D eigenvalue weighted by molar-refractivity contribution is 6.35. The van der Waals surface area contributed by atoms with Gasteiger partial charge in [-0.2, -0.15) is 0 Å². The van der Waals surface area contributed by atoms with Gasteiger partial charge in [0, 0.05) is 41.8 Å². The van der Waals surface area contributed by atoms with Gasteiger partial charge in [-0.3, -0.25) is 4.79 Å². The minimum absolute atomic E-state index is 0.100. The SMILES string of the molecule is O=COC(C(=O)OCc1ccc(Cl)cc1)(C(=O)OCc1cccc(Cl)c1)c1ccc(F)c(C(=O)OCc2ccc(Cl)cc2Cl)c1C(=O)OCc1ccccc1Cl. The van der Waals surface area contributed by atoms with Crippen LogP contribution in [0.1, 0.15) is 48.5 Å². The van der Waals surface area contributed by atoms with Crippen molar-refractivity contribution in [3.05, 3.63) is 173 Å². The van der Waals surface area contributed by atoms with Crippen LogP contribution in [0.15, 0.2) is 103 Å². The molecule has 0 aliphatic carbocycles. The zero-order chi connectivity index (χ0) is 40.4. The highest BCUT2D eigenvalue weighted by atomic mass is 35.5. The summed E-state index contributed by atoms with van der Waals surface area (Å²) in [6.45, 7) is -2.44. The van der Waals surface area contributed by atoms with Crippen LogP contribution < -0.4 is 0 Å². The van der Waals surface area contributed by atoms with Gasteiger partial charge in [-0.15, -0.1) is 0 Å². The lowest BCUT2D eigenvalue weighted by molar-refractivity contribution is -0.195. The van der Waals surface area contributed by atoms with Gasteiger partial charge in [0.25, 0.3) is 6.47 Å². The second-order valence-electron chi connectivity index (χ2n) is 11.6. The summed E-state index contributed by atoms with van der Waals surface area (Å²) in [6, 6.07) is 24.1. The molecule has 0 heterocycles. The second kappa shape index (κ2) is 19.1. The predicted molar refractivity (Wildman–Crippen MR) is 204 cm³/mol. The quantitative estimate of drug-likeness (QED) is 0.0434. The summed E-state index contributed by atoms with van der Waals surface area (Å²) in [4.78, 5) is 68.8. The van der Waals surface area contributed by atoms with E-state index in [-0.39, 0.29) is 32.1 Å². The van der Waals surface area contributed by atoms with Gasteiger partial charge in [0.05, 0.1) is 5.56 Å². The van der Waals surface area contributed by atoms with E-state index in [0.717, 1.165) is 6.07 Å². The van der Waals surface area contributed by atoms with Crippen molar-refractivity contribution in [2.75, 3.05) is 0 Å². The summed E-state index contributed by atoms with van der Waals surface area (Å²) in [6.07, 6.45) is 0. The first kappa shape index (κ1) is 42.0. The molecule has 0 saturated carbocycles. The number of esters is 4. The average molecular weight is 863 g/mol. The van der Waals surface area contributed by atoms with Crippen molar-refractivity contribution < 1.29 is 52.0 Å².